The molecule has 0 unspecified atom stereocenters. The van der Waals surface area contributed by atoms with Crippen molar-refractivity contribution in [2.24, 2.45) is 5.92 Å². The fraction of sp³-hybridized carbons (Fsp3) is 0.464. The summed E-state index contributed by atoms with van der Waals surface area (Å²) in [5.41, 5.74) is 0.744. The molecule has 3 aromatic rings. The van der Waals surface area contributed by atoms with Crippen LogP contribution in [0.4, 0.5) is 18.9 Å². The van der Waals surface area contributed by atoms with Crippen LogP contribution in [0.3, 0.4) is 0 Å². The number of carbonyl (C=O) groups excluding carboxylic acids is 1. The lowest BCUT2D eigenvalue weighted by Crippen LogP contribution is -2.45. The lowest BCUT2D eigenvalue weighted by atomic mass is 9.89. The number of piperidine rings is 1. The summed E-state index contributed by atoms with van der Waals surface area (Å²) >= 11 is 6.12. The predicted molar refractivity (Wildman–Crippen MR) is 142 cm³/mol. The summed E-state index contributed by atoms with van der Waals surface area (Å²) in [5, 5.41) is 7.54. The summed E-state index contributed by atoms with van der Waals surface area (Å²) in [6.45, 7) is 2.54. The molecule has 1 aromatic carbocycles. The Hall–Kier alpha value is -2.91. The van der Waals surface area contributed by atoms with E-state index >= 15 is 0 Å². The first-order chi connectivity index (χ1) is 18.2. The van der Waals surface area contributed by atoms with E-state index in [2.05, 4.69) is 25.5 Å². The summed E-state index contributed by atoms with van der Waals surface area (Å²) in [4.78, 5) is 23.4. The first kappa shape index (κ1) is 26.7. The van der Waals surface area contributed by atoms with Gasteiger partial charge in [-0.05, 0) is 88.0 Å². The molecule has 2 fully saturated rings. The Labute approximate surface area is 225 Å². The van der Waals surface area contributed by atoms with Gasteiger partial charge in [0, 0.05) is 46.8 Å². The predicted octanol–water partition coefficient (Wildman–Crippen LogP) is 6.05. The van der Waals surface area contributed by atoms with Gasteiger partial charge >= 0.3 is 6.18 Å². The Balaban J connectivity index is 1.13. The van der Waals surface area contributed by atoms with Crippen LogP contribution in [-0.2, 0) is 17.5 Å². The zero-order chi connectivity index (χ0) is 26.7. The minimum Gasteiger partial charge on any atom is -0.382 e. The maximum atomic E-state index is 13.4. The number of nitrogens with zero attached hydrogens (tertiary/aromatic N) is 3. The zero-order valence-electron chi connectivity index (χ0n) is 21.0. The number of likely N-dealkylation sites (tertiary alicyclic amines) is 1. The molecule has 0 spiro atoms. The van der Waals surface area contributed by atoms with Gasteiger partial charge in [-0.3, -0.25) is 14.7 Å². The first-order valence-electron chi connectivity index (χ1n) is 13.1. The highest BCUT2D eigenvalue weighted by atomic mass is 35.5. The highest BCUT2D eigenvalue weighted by Gasteiger charge is 2.34. The summed E-state index contributed by atoms with van der Waals surface area (Å²) in [6, 6.07) is 11.8. The van der Waals surface area contributed by atoms with Crippen molar-refractivity contribution in [2.75, 3.05) is 18.4 Å². The molecule has 2 aliphatic rings. The normalized spacial score (nSPS) is 21.4. The summed E-state index contributed by atoms with van der Waals surface area (Å²) in [7, 11) is 0. The zero-order valence-corrected chi connectivity index (χ0v) is 21.7. The maximum Gasteiger partial charge on any atom is 0.433 e. The van der Waals surface area contributed by atoms with Crippen molar-refractivity contribution in [1.29, 1.82) is 0 Å². The van der Waals surface area contributed by atoms with Crippen LogP contribution in [0.2, 0.25) is 5.02 Å². The van der Waals surface area contributed by atoms with Crippen LogP contribution >= 0.6 is 11.6 Å². The molecule has 0 bridgehead atoms. The van der Waals surface area contributed by atoms with E-state index in [1.54, 1.807) is 18.3 Å². The molecule has 1 saturated carbocycles. The third-order valence-corrected chi connectivity index (χ3v) is 7.80. The molecule has 6 nitrogen and oxygen atoms in total. The minimum atomic E-state index is -4.54. The van der Waals surface area contributed by atoms with Gasteiger partial charge in [-0.1, -0.05) is 17.7 Å². The largest absolute Gasteiger partial charge is 0.433 e. The molecule has 5 rings (SSSR count). The number of hydrogen-bond donors (Lipinski definition) is 2. The SMILES string of the molecule is O=C(NC1CCC(Nc2cc(C(F)(F)F)nc3ccc(Cl)cc23)CC1)C1CCN(Cc2ccccn2)CC1. The molecule has 2 N–H and O–H groups in total. The Bertz CT molecular complexity index is 1260. The van der Waals surface area contributed by atoms with Crippen molar-refractivity contribution in [2.45, 2.75) is 63.3 Å². The van der Waals surface area contributed by atoms with E-state index in [0.717, 1.165) is 69.9 Å². The van der Waals surface area contributed by atoms with Gasteiger partial charge in [0.05, 0.1) is 11.2 Å². The lowest BCUT2D eigenvalue weighted by Gasteiger charge is -2.34. The van der Waals surface area contributed by atoms with Gasteiger partial charge in [-0.15, -0.1) is 0 Å². The molecule has 3 heterocycles. The molecule has 0 radical (unpaired) electrons. The number of nitrogens with one attached hydrogen (secondary N) is 2. The summed E-state index contributed by atoms with van der Waals surface area (Å²) in [5.74, 6) is 0.128. The van der Waals surface area contributed by atoms with Crippen LogP contribution in [0, 0.1) is 5.92 Å². The average Bonchev–Trinajstić information content (AvgIpc) is 2.90. The Morgan fingerprint density at radius 3 is 2.42 bits per heavy atom. The van der Waals surface area contributed by atoms with E-state index in [1.807, 2.05) is 18.2 Å². The van der Waals surface area contributed by atoms with Crippen molar-refractivity contribution in [3.8, 4) is 0 Å². The number of aromatic nitrogens is 2. The van der Waals surface area contributed by atoms with E-state index < -0.39 is 11.9 Å². The second kappa shape index (κ2) is 11.5. The van der Waals surface area contributed by atoms with E-state index in [0.29, 0.717) is 16.1 Å². The Morgan fingerprint density at radius 2 is 1.74 bits per heavy atom. The van der Waals surface area contributed by atoms with Gasteiger partial charge in [-0.25, -0.2) is 4.98 Å². The number of hydrogen-bond acceptors (Lipinski definition) is 5. The van der Waals surface area contributed by atoms with Gasteiger partial charge < -0.3 is 10.6 Å². The highest BCUT2D eigenvalue weighted by molar-refractivity contribution is 6.31. The number of anilines is 1. The fourth-order valence-electron chi connectivity index (χ4n) is 5.46. The third kappa shape index (κ3) is 6.56. The van der Waals surface area contributed by atoms with E-state index in [4.69, 9.17) is 11.6 Å². The van der Waals surface area contributed by atoms with Crippen LogP contribution < -0.4 is 10.6 Å². The van der Waals surface area contributed by atoms with E-state index in [1.165, 1.54) is 6.07 Å². The van der Waals surface area contributed by atoms with Gasteiger partial charge in [0.25, 0.3) is 0 Å². The summed E-state index contributed by atoms with van der Waals surface area (Å²) < 4.78 is 40.3. The van der Waals surface area contributed by atoms with Crippen LogP contribution in [0.25, 0.3) is 10.9 Å². The third-order valence-electron chi connectivity index (χ3n) is 7.56. The van der Waals surface area contributed by atoms with Crippen molar-refractivity contribution in [3.63, 3.8) is 0 Å². The molecule has 1 amide bonds. The second-order valence-corrected chi connectivity index (χ2v) is 10.7. The highest BCUT2D eigenvalue weighted by Crippen LogP contribution is 2.35. The number of rotatable bonds is 6. The molecule has 202 valence electrons. The van der Waals surface area contributed by atoms with Crippen molar-refractivity contribution >= 4 is 34.1 Å². The van der Waals surface area contributed by atoms with Crippen molar-refractivity contribution in [1.82, 2.24) is 20.2 Å². The number of pyridine rings is 2. The first-order valence-corrected chi connectivity index (χ1v) is 13.5. The van der Waals surface area contributed by atoms with Gasteiger partial charge in [0.15, 0.2) is 0 Å². The molecule has 1 aliphatic heterocycles. The number of amides is 1. The van der Waals surface area contributed by atoms with Crippen molar-refractivity contribution < 1.29 is 18.0 Å². The second-order valence-electron chi connectivity index (χ2n) is 10.3. The topological polar surface area (TPSA) is 70.2 Å². The number of halogens is 4. The Morgan fingerprint density at radius 1 is 1.00 bits per heavy atom. The lowest BCUT2D eigenvalue weighted by molar-refractivity contribution is -0.140. The maximum absolute atomic E-state index is 13.4. The summed E-state index contributed by atoms with van der Waals surface area (Å²) in [6.07, 6.45) is 1.97. The van der Waals surface area contributed by atoms with Gasteiger partial charge in [0.2, 0.25) is 5.91 Å². The van der Waals surface area contributed by atoms with Crippen LogP contribution in [-0.4, -0.2) is 45.9 Å². The molecule has 1 saturated heterocycles. The standard InChI is InChI=1S/C28H31ClF3N5O/c29-19-4-9-24-23(15-19)25(16-26(36-24)28(30,31)32)34-20-5-7-21(8-6-20)35-27(38)18-10-13-37(14-11-18)17-22-3-1-2-12-33-22/h1-4,9,12,15-16,18,20-21H,5-8,10-11,13-14,17H2,(H,34,36)(H,35,38). The molecule has 0 atom stereocenters. The number of alkyl halides is 3. The number of fused-ring (bicyclic) bond motifs is 1. The minimum absolute atomic E-state index is 0.00338. The molecule has 1 aliphatic carbocycles. The fourth-order valence-corrected chi connectivity index (χ4v) is 5.63. The molecular formula is C28H31ClF3N5O. The van der Waals surface area contributed by atoms with Crippen LogP contribution in [0.15, 0.2) is 48.7 Å². The van der Waals surface area contributed by atoms with Gasteiger partial charge in [-0.2, -0.15) is 13.2 Å². The van der Waals surface area contributed by atoms with Crippen LogP contribution in [0.5, 0.6) is 0 Å². The van der Waals surface area contributed by atoms with Crippen LogP contribution in [0.1, 0.15) is 49.9 Å². The van der Waals surface area contributed by atoms with Gasteiger partial charge in [0.1, 0.15) is 5.69 Å². The number of benzene rings is 1. The van der Waals surface area contributed by atoms with E-state index in [-0.39, 0.29) is 29.4 Å². The molecule has 38 heavy (non-hydrogen) atoms. The quantitative estimate of drug-likeness (QED) is 0.394. The van der Waals surface area contributed by atoms with Crippen molar-refractivity contribution in [3.05, 3.63) is 65.1 Å². The molecule has 10 heteroatoms. The molecule has 2 aromatic heterocycles. The monoisotopic (exact) mass is 545 g/mol. The smallest absolute Gasteiger partial charge is 0.382 e. The Kier molecular flexibility index (Phi) is 8.04. The molecular weight excluding hydrogens is 515 g/mol. The number of carbonyl (C=O) groups is 1. The average molecular weight is 546 g/mol. The van der Waals surface area contributed by atoms with E-state index in [9.17, 15) is 18.0 Å².